The molecule has 0 saturated heterocycles. The number of aromatic amines is 1. The van der Waals surface area contributed by atoms with Crippen molar-refractivity contribution in [3.63, 3.8) is 0 Å². The van der Waals surface area contributed by atoms with Gasteiger partial charge in [0.25, 0.3) is 0 Å². The summed E-state index contributed by atoms with van der Waals surface area (Å²) in [6, 6.07) is 17.9. The van der Waals surface area contributed by atoms with E-state index in [2.05, 4.69) is 15.0 Å². The predicted molar refractivity (Wildman–Crippen MR) is 90.4 cm³/mol. The van der Waals surface area contributed by atoms with Crippen molar-refractivity contribution in [2.75, 3.05) is 0 Å². The van der Waals surface area contributed by atoms with Crippen molar-refractivity contribution in [3.8, 4) is 34.0 Å². The van der Waals surface area contributed by atoms with E-state index in [4.69, 9.17) is 4.98 Å². The molecule has 2 aromatic carbocycles. The number of halogens is 1. The number of rotatable bonds is 3. The Bertz CT molecular complexity index is 948. The zero-order chi connectivity index (χ0) is 16.4. The molecule has 5 heteroatoms. The molecule has 4 aromatic rings. The van der Waals surface area contributed by atoms with Gasteiger partial charge in [-0.05, 0) is 30.3 Å². The molecule has 4 rings (SSSR count). The van der Waals surface area contributed by atoms with Gasteiger partial charge >= 0.3 is 0 Å². The number of benzene rings is 2. The van der Waals surface area contributed by atoms with Crippen molar-refractivity contribution in [1.29, 1.82) is 0 Å². The Balaban J connectivity index is 1.90. The average molecular weight is 316 g/mol. The van der Waals surface area contributed by atoms with Crippen LogP contribution in [0, 0.1) is 5.82 Å². The molecule has 0 bridgehead atoms. The van der Waals surface area contributed by atoms with E-state index in [9.17, 15) is 4.39 Å². The number of hydrogen-bond acceptors (Lipinski definition) is 3. The van der Waals surface area contributed by atoms with Gasteiger partial charge in [-0.3, -0.25) is 0 Å². The van der Waals surface area contributed by atoms with Gasteiger partial charge in [-0.2, -0.15) is 0 Å². The summed E-state index contributed by atoms with van der Waals surface area (Å²) in [6.45, 7) is 0. The summed E-state index contributed by atoms with van der Waals surface area (Å²) in [7, 11) is 0. The van der Waals surface area contributed by atoms with Crippen molar-refractivity contribution in [2.24, 2.45) is 0 Å². The van der Waals surface area contributed by atoms with Gasteiger partial charge in [-0.15, -0.1) is 0 Å². The van der Waals surface area contributed by atoms with Crippen molar-refractivity contribution >= 4 is 0 Å². The molecular weight excluding hydrogens is 303 g/mol. The molecule has 0 amide bonds. The maximum atomic E-state index is 13.2. The van der Waals surface area contributed by atoms with Crippen LogP contribution < -0.4 is 0 Å². The molecule has 4 nitrogen and oxygen atoms in total. The van der Waals surface area contributed by atoms with E-state index in [1.165, 1.54) is 18.5 Å². The van der Waals surface area contributed by atoms with Crippen molar-refractivity contribution in [2.45, 2.75) is 0 Å². The summed E-state index contributed by atoms with van der Waals surface area (Å²) in [5.74, 6) is 0.463. The Morgan fingerprint density at radius 1 is 0.833 bits per heavy atom. The van der Waals surface area contributed by atoms with E-state index < -0.39 is 0 Å². The highest BCUT2D eigenvalue weighted by Gasteiger charge is 2.16. The Labute approximate surface area is 138 Å². The Kier molecular flexibility index (Phi) is 3.59. The van der Waals surface area contributed by atoms with E-state index in [-0.39, 0.29) is 5.82 Å². The van der Waals surface area contributed by atoms with Crippen LogP contribution in [-0.4, -0.2) is 19.9 Å². The molecule has 2 heterocycles. The highest BCUT2D eigenvalue weighted by atomic mass is 19.1. The Hall–Kier alpha value is -3.34. The lowest BCUT2D eigenvalue weighted by Gasteiger charge is -2.01. The minimum absolute atomic E-state index is 0.277. The van der Waals surface area contributed by atoms with Gasteiger partial charge in [0.2, 0.25) is 0 Å². The fourth-order valence-electron chi connectivity index (χ4n) is 2.55. The third-order valence-corrected chi connectivity index (χ3v) is 3.71. The van der Waals surface area contributed by atoms with Crippen LogP contribution in [0.3, 0.4) is 0 Å². The van der Waals surface area contributed by atoms with Crippen LogP contribution in [0.25, 0.3) is 34.0 Å². The summed E-state index contributed by atoms with van der Waals surface area (Å²) in [4.78, 5) is 16.3. The number of nitrogens with one attached hydrogen (secondary N) is 1. The second-order valence-electron chi connectivity index (χ2n) is 5.28. The maximum absolute atomic E-state index is 13.2. The highest BCUT2D eigenvalue weighted by Crippen LogP contribution is 2.31. The second-order valence-corrected chi connectivity index (χ2v) is 5.28. The van der Waals surface area contributed by atoms with Crippen LogP contribution in [-0.2, 0) is 0 Å². The minimum atomic E-state index is -0.277. The largest absolute Gasteiger partial charge is 0.336 e. The highest BCUT2D eigenvalue weighted by molar-refractivity contribution is 5.79. The van der Waals surface area contributed by atoms with Crippen molar-refractivity contribution in [1.82, 2.24) is 19.9 Å². The fourth-order valence-corrected chi connectivity index (χ4v) is 2.55. The van der Waals surface area contributed by atoms with Crippen LogP contribution >= 0.6 is 0 Å². The summed E-state index contributed by atoms with van der Waals surface area (Å²) < 4.78 is 13.2. The Morgan fingerprint density at radius 2 is 1.62 bits per heavy atom. The van der Waals surface area contributed by atoms with Crippen LogP contribution in [0.5, 0.6) is 0 Å². The number of aromatic nitrogens is 4. The lowest BCUT2D eigenvalue weighted by molar-refractivity contribution is 0.628. The average Bonchev–Trinajstić information content (AvgIpc) is 3.09. The Morgan fingerprint density at radius 3 is 2.33 bits per heavy atom. The van der Waals surface area contributed by atoms with E-state index in [0.29, 0.717) is 0 Å². The molecule has 0 saturated carbocycles. The molecule has 0 aliphatic rings. The molecule has 0 atom stereocenters. The standard InChI is InChI=1S/C19H13FN4/c20-15-8-6-13(7-9-15)17-18(16-10-11-21-12-22-16)24-19(23-17)14-4-2-1-3-5-14/h1-12H,(H,23,24). The van der Waals surface area contributed by atoms with E-state index >= 15 is 0 Å². The molecule has 24 heavy (non-hydrogen) atoms. The minimum Gasteiger partial charge on any atom is -0.336 e. The van der Waals surface area contributed by atoms with Gasteiger partial charge in [-0.1, -0.05) is 30.3 Å². The van der Waals surface area contributed by atoms with E-state index in [0.717, 1.165) is 34.0 Å². The molecule has 1 N–H and O–H groups in total. The quantitative estimate of drug-likeness (QED) is 0.611. The second kappa shape index (κ2) is 6.04. The third kappa shape index (κ3) is 2.67. The van der Waals surface area contributed by atoms with Crippen LogP contribution in [0.4, 0.5) is 4.39 Å². The summed E-state index contributed by atoms with van der Waals surface area (Å²) in [6.07, 6.45) is 3.17. The monoisotopic (exact) mass is 316 g/mol. The molecule has 0 spiro atoms. The molecule has 0 aliphatic heterocycles. The first kappa shape index (κ1) is 14.3. The molecule has 0 aliphatic carbocycles. The lowest BCUT2D eigenvalue weighted by atomic mass is 10.1. The first-order valence-corrected chi connectivity index (χ1v) is 7.49. The maximum Gasteiger partial charge on any atom is 0.138 e. The van der Waals surface area contributed by atoms with Gasteiger partial charge in [-0.25, -0.2) is 19.3 Å². The smallest absolute Gasteiger partial charge is 0.138 e. The van der Waals surface area contributed by atoms with Gasteiger partial charge in [0.15, 0.2) is 0 Å². The number of hydrogen-bond donors (Lipinski definition) is 1. The molecule has 116 valence electrons. The number of nitrogens with zero attached hydrogens (tertiary/aromatic N) is 3. The summed E-state index contributed by atoms with van der Waals surface area (Å²) in [5.41, 5.74) is 4.04. The predicted octanol–water partition coefficient (Wildman–Crippen LogP) is 4.34. The molecule has 0 unspecified atom stereocenters. The zero-order valence-electron chi connectivity index (χ0n) is 12.6. The fraction of sp³-hybridized carbons (Fsp3) is 0. The summed E-state index contributed by atoms with van der Waals surface area (Å²) in [5, 5.41) is 0. The zero-order valence-corrected chi connectivity index (χ0v) is 12.6. The summed E-state index contributed by atoms with van der Waals surface area (Å²) >= 11 is 0. The normalized spacial score (nSPS) is 10.7. The molecule has 0 radical (unpaired) electrons. The van der Waals surface area contributed by atoms with Gasteiger partial charge in [0.05, 0.1) is 17.1 Å². The molecule has 2 aromatic heterocycles. The van der Waals surface area contributed by atoms with Crippen LogP contribution in [0.15, 0.2) is 73.2 Å². The lowest BCUT2D eigenvalue weighted by Crippen LogP contribution is -1.88. The van der Waals surface area contributed by atoms with Crippen LogP contribution in [0.2, 0.25) is 0 Å². The van der Waals surface area contributed by atoms with Crippen molar-refractivity contribution in [3.05, 3.63) is 79.0 Å². The first-order chi connectivity index (χ1) is 11.8. The topological polar surface area (TPSA) is 54.5 Å². The molecule has 0 fully saturated rings. The first-order valence-electron chi connectivity index (χ1n) is 7.49. The van der Waals surface area contributed by atoms with E-state index in [1.807, 2.05) is 36.4 Å². The SMILES string of the molecule is Fc1ccc(-c2nc(-c3ccccc3)[nH]c2-c2ccncn2)cc1. The van der Waals surface area contributed by atoms with E-state index in [1.54, 1.807) is 18.3 Å². The number of H-pyrrole nitrogens is 1. The third-order valence-electron chi connectivity index (χ3n) is 3.71. The van der Waals surface area contributed by atoms with Crippen LogP contribution in [0.1, 0.15) is 0 Å². The van der Waals surface area contributed by atoms with Crippen molar-refractivity contribution < 1.29 is 4.39 Å². The van der Waals surface area contributed by atoms with Gasteiger partial charge in [0, 0.05) is 17.3 Å². The van der Waals surface area contributed by atoms with Gasteiger partial charge in [0.1, 0.15) is 18.0 Å². The number of imidazole rings is 1. The van der Waals surface area contributed by atoms with Gasteiger partial charge < -0.3 is 4.98 Å². The molecular formula is C19H13FN4.